The number of hydrogen-bond donors (Lipinski definition) is 2. The van der Waals surface area contributed by atoms with Crippen molar-refractivity contribution < 1.29 is 0 Å². The van der Waals surface area contributed by atoms with E-state index in [9.17, 15) is 0 Å². The number of hydrogen-bond acceptors (Lipinski definition) is 3. The zero-order valence-electron chi connectivity index (χ0n) is 12.8. The van der Waals surface area contributed by atoms with Crippen molar-refractivity contribution in [1.82, 2.24) is 4.90 Å². The lowest BCUT2D eigenvalue weighted by molar-refractivity contribution is 0.232. The molecule has 4 heteroatoms. The van der Waals surface area contributed by atoms with E-state index in [-0.39, 0.29) is 5.84 Å². The van der Waals surface area contributed by atoms with Gasteiger partial charge in [-0.05, 0) is 44.1 Å². The lowest BCUT2D eigenvalue weighted by Crippen LogP contribution is -2.37. The van der Waals surface area contributed by atoms with Gasteiger partial charge in [0.05, 0.1) is 0 Å². The van der Waals surface area contributed by atoms with Crippen LogP contribution in [0.1, 0.15) is 31.4 Å². The molecule has 1 atom stereocenters. The van der Waals surface area contributed by atoms with Crippen molar-refractivity contribution in [1.29, 1.82) is 5.41 Å². The van der Waals surface area contributed by atoms with Gasteiger partial charge in [0.2, 0.25) is 0 Å². The highest BCUT2D eigenvalue weighted by Gasteiger charge is 2.27. The van der Waals surface area contributed by atoms with Crippen molar-refractivity contribution in [3.8, 4) is 0 Å². The fourth-order valence-corrected chi connectivity index (χ4v) is 3.13. The Morgan fingerprint density at radius 3 is 2.70 bits per heavy atom. The Kier molecular flexibility index (Phi) is 4.65. The highest BCUT2D eigenvalue weighted by molar-refractivity contribution is 6.00. The predicted octanol–water partition coefficient (Wildman–Crippen LogP) is 2.20. The molecule has 20 heavy (non-hydrogen) atoms. The maximum Gasteiger partial charge on any atom is 0.124 e. The normalized spacial score (nSPS) is 18.8. The van der Waals surface area contributed by atoms with E-state index in [1.54, 1.807) is 0 Å². The van der Waals surface area contributed by atoms with E-state index in [1.807, 2.05) is 12.1 Å². The first-order chi connectivity index (χ1) is 9.56. The molecule has 0 radical (unpaired) electrons. The van der Waals surface area contributed by atoms with Crippen LogP contribution in [0, 0.1) is 12.3 Å². The quantitative estimate of drug-likeness (QED) is 0.639. The SMILES string of the molecule is CCN(CC)C1CCN(c2cc(C)ccc2C(=N)N)C1. The van der Waals surface area contributed by atoms with Gasteiger partial charge < -0.3 is 10.6 Å². The van der Waals surface area contributed by atoms with Gasteiger partial charge in [0.15, 0.2) is 0 Å². The third kappa shape index (κ3) is 2.96. The summed E-state index contributed by atoms with van der Waals surface area (Å²) < 4.78 is 0. The summed E-state index contributed by atoms with van der Waals surface area (Å²) in [6.45, 7) is 10.8. The monoisotopic (exact) mass is 274 g/mol. The minimum absolute atomic E-state index is 0.159. The van der Waals surface area contributed by atoms with Gasteiger partial charge in [0.1, 0.15) is 5.84 Å². The molecular weight excluding hydrogens is 248 g/mol. The van der Waals surface area contributed by atoms with Gasteiger partial charge >= 0.3 is 0 Å². The lowest BCUT2D eigenvalue weighted by atomic mass is 10.1. The predicted molar refractivity (Wildman–Crippen MR) is 85.7 cm³/mol. The lowest BCUT2D eigenvalue weighted by Gasteiger charge is -2.27. The van der Waals surface area contributed by atoms with E-state index in [2.05, 4.69) is 36.6 Å². The molecule has 2 rings (SSSR count). The zero-order chi connectivity index (χ0) is 14.7. The topological polar surface area (TPSA) is 56.4 Å². The summed E-state index contributed by atoms with van der Waals surface area (Å²) in [5.41, 5.74) is 8.92. The summed E-state index contributed by atoms with van der Waals surface area (Å²) in [6, 6.07) is 6.77. The van der Waals surface area contributed by atoms with Crippen LogP contribution in [0.3, 0.4) is 0 Å². The number of nitrogen functional groups attached to an aromatic ring is 1. The van der Waals surface area contributed by atoms with Gasteiger partial charge in [0.25, 0.3) is 0 Å². The van der Waals surface area contributed by atoms with Crippen LogP contribution < -0.4 is 10.6 Å². The van der Waals surface area contributed by atoms with E-state index in [0.29, 0.717) is 6.04 Å². The number of nitrogens with two attached hydrogens (primary N) is 1. The molecule has 4 nitrogen and oxygen atoms in total. The molecule has 3 N–H and O–H groups in total. The Morgan fingerprint density at radius 1 is 1.40 bits per heavy atom. The third-order valence-electron chi connectivity index (χ3n) is 4.28. The van der Waals surface area contributed by atoms with Crippen molar-refractivity contribution in [3.05, 3.63) is 29.3 Å². The van der Waals surface area contributed by atoms with Crippen molar-refractivity contribution in [2.45, 2.75) is 33.2 Å². The van der Waals surface area contributed by atoms with Crippen molar-refractivity contribution in [2.75, 3.05) is 31.1 Å². The van der Waals surface area contributed by atoms with Crippen LogP contribution in [-0.4, -0.2) is 43.0 Å². The van der Waals surface area contributed by atoms with Gasteiger partial charge in [-0.15, -0.1) is 0 Å². The Bertz CT molecular complexity index is 479. The molecular formula is C16H26N4. The van der Waals surface area contributed by atoms with Crippen molar-refractivity contribution in [3.63, 3.8) is 0 Å². The largest absolute Gasteiger partial charge is 0.384 e. The molecule has 0 spiro atoms. The smallest absolute Gasteiger partial charge is 0.124 e. The highest BCUT2D eigenvalue weighted by atomic mass is 15.3. The first kappa shape index (κ1) is 14.9. The Balaban J connectivity index is 2.21. The second-order valence-electron chi connectivity index (χ2n) is 5.54. The molecule has 0 aromatic heterocycles. The van der Waals surface area contributed by atoms with E-state index >= 15 is 0 Å². The van der Waals surface area contributed by atoms with E-state index in [4.69, 9.17) is 11.1 Å². The number of nitrogens with zero attached hydrogens (tertiary/aromatic N) is 2. The van der Waals surface area contributed by atoms with Crippen LogP contribution in [0.4, 0.5) is 5.69 Å². The van der Waals surface area contributed by atoms with Crippen molar-refractivity contribution >= 4 is 11.5 Å². The second kappa shape index (κ2) is 6.27. The summed E-state index contributed by atoms with van der Waals surface area (Å²) in [5, 5.41) is 7.76. The van der Waals surface area contributed by atoms with Gasteiger partial charge in [-0.2, -0.15) is 0 Å². The number of amidine groups is 1. The first-order valence-corrected chi connectivity index (χ1v) is 7.50. The molecule has 0 bridgehead atoms. The Labute approximate surface area is 122 Å². The van der Waals surface area contributed by atoms with Gasteiger partial charge in [0, 0.05) is 30.4 Å². The van der Waals surface area contributed by atoms with E-state index in [0.717, 1.165) is 37.4 Å². The van der Waals surface area contributed by atoms with E-state index < -0.39 is 0 Å². The van der Waals surface area contributed by atoms with Gasteiger partial charge in [-0.25, -0.2) is 0 Å². The molecule has 110 valence electrons. The number of nitrogens with one attached hydrogen (secondary N) is 1. The molecule has 1 unspecified atom stereocenters. The maximum absolute atomic E-state index is 7.76. The number of benzene rings is 1. The van der Waals surface area contributed by atoms with Gasteiger partial charge in [-0.3, -0.25) is 10.3 Å². The number of rotatable bonds is 5. The fourth-order valence-electron chi connectivity index (χ4n) is 3.13. The zero-order valence-corrected chi connectivity index (χ0v) is 12.8. The molecule has 0 amide bonds. The summed E-state index contributed by atoms with van der Waals surface area (Å²) >= 11 is 0. The van der Waals surface area contributed by atoms with Crippen LogP contribution in [0.25, 0.3) is 0 Å². The molecule has 1 aromatic rings. The first-order valence-electron chi connectivity index (χ1n) is 7.50. The average molecular weight is 274 g/mol. The van der Waals surface area contributed by atoms with Crippen LogP contribution in [0.5, 0.6) is 0 Å². The Morgan fingerprint density at radius 2 is 2.10 bits per heavy atom. The average Bonchev–Trinajstić information content (AvgIpc) is 2.89. The molecule has 1 heterocycles. The number of anilines is 1. The minimum Gasteiger partial charge on any atom is -0.384 e. The molecule has 1 aliphatic rings. The van der Waals surface area contributed by atoms with Crippen LogP contribution in [0.15, 0.2) is 18.2 Å². The second-order valence-corrected chi connectivity index (χ2v) is 5.54. The van der Waals surface area contributed by atoms with Crippen LogP contribution in [0.2, 0.25) is 0 Å². The third-order valence-corrected chi connectivity index (χ3v) is 4.28. The molecule has 0 saturated carbocycles. The standard InChI is InChI=1S/C16H26N4/c1-4-19(5-2)13-8-9-20(11-13)15-10-12(3)6-7-14(15)16(17)18/h6-7,10,13H,4-5,8-9,11H2,1-3H3,(H3,17,18). The molecule has 1 fully saturated rings. The molecule has 0 aliphatic carbocycles. The number of aryl methyl sites for hydroxylation is 1. The number of likely N-dealkylation sites (N-methyl/N-ethyl adjacent to an activating group) is 1. The molecule has 1 aromatic carbocycles. The Hall–Kier alpha value is -1.55. The minimum atomic E-state index is 0.159. The summed E-state index contributed by atoms with van der Waals surface area (Å²) in [7, 11) is 0. The summed E-state index contributed by atoms with van der Waals surface area (Å²) in [4.78, 5) is 4.90. The van der Waals surface area contributed by atoms with Gasteiger partial charge in [-0.1, -0.05) is 19.9 Å². The van der Waals surface area contributed by atoms with E-state index in [1.165, 1.54) is 12.0 Å². The maximum atomic E-state index is 7.76. The summed E-state index contributed by atoms with van der Waals surface area (Å²) in [5.74, 6) is 0.159. The van der Waals surface area contributed by atoms with Crippen LogP contribution in [-0.2, 0) is 0 Å². The summed E-state index contributed by atoms with van der Waals surface area (Å²) in [6.07, 6.45) is 1.19. The fraction of sp³-hybridized carbons (Fsp3) is 0.562. The molecule has 1 aliphatic heterocycles. The highest BCUT2D eigenvalue weighted by Crippen LogP contribution is 2.27. The molecule has 1 saturated heterocycles. The van der Waals surface area contributed by atoms with Crippen LogP contribution >= 0.6 is 0 Å². The van der Waals surface area contributed by atoms with Crippen molar-refractivity contribution in [2.24, 2.45) is 5.73 Å².